The molecule has 1 aliphatic carbocycles. The number of methoxy groups -OCH3 is 1. The van der Waals surface area contributed by atoms with E-state index in [1.807, 2.05) is 12.1 Å². The van der Waals surface area contributed by atoms with Crippen molar-refractivity contribution in [2.24, 2.45) is 0 Å². The minimum absolute atomic E-state index is 0.0141. The van der Waals surface area contributed by atoms with Crippen LogP contribution in [0.3, 0.4) is 0 Å². The molecule has 1 aromatic carbocycles. The minimum Gasteiger partial charge on any atom is -0.481 e. The Bertz CT molecular complexity index is 1150. The predicted molar refractivity (Wildman–Crippen MR) is 135 cm³/mol. The number of rotatable bonds is 9. The van der Waals surface area contributed by atoms with Gasteiger partial charge in [0.05, 0.1) is 12.0 Å². The van der Waals surface area contributed by atoms with Gasteiger partial charge < -0.3 is 14.6 Å². The molecule has 1 aliphatic heterocycles. The number of carboxylic acid groups (broad SMARTS) is 1. The SMILES string of the molecule is COc1nc(Oc2cccc(C=C3SC(=S)N(CCCC(=O)O)C3=O)c2)nc(C2CCCCC2)n1. The van der Waals surface area contributed by atoms with Gasteiger partial charge in [-0.3, -0.25) is 14.5 Å². The number of benzene rings is 1. The van der Waals surface area contributed by atoms with Crippen LogP contribution < -0.4 is 9.47 Å². The summed E-state index contributed by atoms with van der Waals surface area (Å²) in [6.07, 6.45) is 7.69. The molecule has 0 radical (unpaired) electrons. The first-order valence-electron chi connectivity index (χ1n) is 11.5. The van der Waals surface area contributed by atoms with Crippen LogP contribution in [0.5, 0.6) is 17.8 Å². The Morgan fingerprint density at radius 1 is 1.23 bits per heavy atom. The van der Waals surface area contributed by atoms with E-state index in [9.17, 15) is 9.59 Å². The maximum atomic E-state index is 12.8. The van der Waals surface area contributed by atoms with Crippen molar-refractivity contribution >= 4 is 46.3 Å². The van der Waals surface area contributed by atoms with Gasteiger partial charge in [0.2, 0.25) is 0 Å². The Balaban J connectivity index is 1.49. The monoisotopic (exact) mass is 514 g/mol. The molecule has 184 valence electrons. The van der Waals surface area contributed by atoms with E-state index in [-0.39, 0.29) is 36.8 Å². The molecular weight excluding hydrogens is 488 g/mol. The second-order valence-corrected chi connectivity index (χ2v) is 9.98. The topological polar surface area (TPSA) is 115 Å². The molecule has 2 aromatic rings. The molecule has 1 saturated carbocycles. The summed E-state index contributed by atoms with van der Waals surface area (Å²) < 4.78 is 11.6. The average Bonchev–Trinajstić information content (AvgIpc) is 3.11. The largest absolute Gasteiger partial charge is 0.481 e. The number of carboxylic acids is 1. The summed E-state index contributed by atoms with van der Waals surface area (Å²) in [6, 6.07) is 7.62. The Morgan fingerprint density at radius 2 is 2.00 bits per heavy atom. The highest BCUT2D eigenvalue weighted by atomic mass is 32.2. The highest BCUT2D eigenvalue weighted by Crippen LogP contribution is 2.34. The first-order valence-corrected chi connectivity index (χ1v) is 12.7. The van der Waals surface area contributed by atoms with E-state index in [4.69, 9.17) is 26.8 Å². The maximum Gasteiger partial charge on any atom is 0.328 e. The van der Waals surface area contributed by atoms with E-state index in [1.54, 1.807) is 18.2 Å². The van der Waals surface area contributed by atoms with Gasteiger partial charge in [0.25, 0.3) is 5.91 Å². The number of hydrogen-bond donors (Lipinski definition) is 1. The van der Waals surface area contributed by atoms with Gasteiger partial charge >= 0.3 is 18.0 Å². The van der Waals surface area contributed by atoms with Crippen molar-refractivity contribution in [2.75, 3.05) is 13.7 Å². The van der Waals surface area contributed by atoms with Crippen molar-refractivity contribution in [1.29, 1.82) is 0 Å². The molecule has 35 heavy (non-hydrogen) atoms. The summed E-state index contributed by atoms with van der Waals surface area (Å²) in [5.41, 5.74) is 0.752. The van der Waals surface area contributed by atoms with Crippen molar-refractivity contribution in [3.8, 4) is 17.8 Å². The number of aliphatic carboxylic acids is 1. The Hall–Kier alpha value is -3.05. The van der Waals surface area contributed by atoms with Crippen LogP contribution in [-0.4, -0.2) is 54.8 Å². The number of nitrogens with zero attached hydrogens (tertiary/aromatic N) is 4. The second kappa shape index (κ2) is 11.6. The van der Waals surface area contributed by atoms with Gasteiger partial charge in [0, 0.05) is 18.9 Å². The smallest absolute Gasteiger partial charge is 0.328 e. The van der Waals surface area contributed by atoms with Gasteiger partial charge in [-0.2, -0.15) is 9.97 Å². The summed E-state index contributed by atoms with van der Waals surface area (Å²) in [5.74, 6) is 0.347. The highest BCUT2D eigenvalue weighted by molar-refractivity contribution is 8.26. The third kappa shape index (κ3) is 6.55. The first kappa shape index (κ1) is 25.1. The van der Waals surface area contributed by atoms with Gasteiger partial charge in [-0.15, -0.1) is 4.98 Å². The number of hydrogen-bond acceptors (Lipinski definition) is 9. The zero-order valence-corrected chi connectivity index (χ0v) is 20.9. The van der Waals surface area contributed by atoms with Gasteiger partial charge in [-0.05, 0) is 43.0 Å². The van der Waals surface area contributed by atoms with Crippen molar-refractivity contribution in [3.63, 3.8) is 0 Å². The number of carbonyl (C=O) groups excluding carboxylic acids is 1. The van der Waals surface area contributed by atoms with Crippen LogP contribution in [0.2, 0.25) is 0 Å². The quantitative estimate of drug-likeness (QED) is 0.370. The normalized spacial score (nSPS) is 17.7. The molecule has 0 unspecified atom stereocenters. The lowest BCUT2D eigenvalue weighted by Gasteiger charge is -2.20. The zero-order valence-electron chi connectivity index (χ0n) is 19.3. The fraction of sp³-hybridized carbons (Fsp3) is 0.417. The predicted octanol–water partition coefficient (Wildman–Crippen LogP) is 4.79. The molecule has 2 aliphatic rings. The van der Waals surface area contributed by atoms with Gasteiger partial charge in [-0.25, -0.2) is 0 Å². The van der Waals surface area contributed by atoms with E-state index in [0.29, 0.717) is 27.2 Å². The van der Waals surface area contributed by atoms with Crippen LogP contribution in [0, 0.1) is 0 Å². The van der Waals surface area contributed by atoms with Crippen LogP contribution in [-0.2, 0) is 9.59 Å². The van der Waals surface area contributed by atoms with Crippen LogP contribution in [0.25, 0.3) is 6.08 Å². The summed E-state index contributed by atoms with van der Waals surface area (Å²) in [7, 11) is 1.52. The highest BCUT2D eigenvalue weighted by Gasteiger charge is 2.31. The molecular formula is C24H26N4O5S2. The average molecular weight is 515 g/mol. The molecule has 0 spiro atoms. The molecule has 9 nitrogen and oxygen atoms in total. The fourth-order valence-corrected chi connectivity index (χ4v) is 5.35. The van der Waals surface area contributed by atoms with E-state index in [2.05, 4.69) is 15.0 Å². The number of ether oxygens (including phenoxy) is 2. The number of carbonyl (C=O) groups is 2. The number of aromatic nitrogens is 3. The van der Waals surface area contributed by atoms with Crippen LogP contribution in [0.1, 0.15) is 62.3 Å². The molecule has 1 aromatic heterocycles. The Morgan fingerprint density at radius 3 is 2.74 bits per heavy atom. The number of thioether (sulfide) groups is 1. The molecule has 1 saturated heterocycles. The van der Waals surface area contributed by atoms with Crippen molar-refractivity contribution in [3.05, 3.63) is 40.6 Å². The molecule has 1 amide bonds. The van der Waals surface area contributed by atoms with Gasteiger partial charge in [-0.1, -0.05) is 55.4 Å². The lowest BCUT2D eigenvalue weighted by Crippen LogP contribution is -2.29. The Kier molecular flexibility index (Phi) is 8.29. The zero-order chi connectivity index (χ0) is 24.8. The molecule has 2 heterocycles. The van der Waals surface area contributed by atoms with Gasteiger partial charge in [0.15, 0.2) is 0 Å². The van der Waals surface area contributed by atoms with E-state index in [1.165, 1.54) is 30.2 Å². The van der Waals surface area contributed by atoms with E-state index in [0.717, 1.165) is 31.2 Å². The number of amides is 1. The standard InChI is InChI=1S/C24H26N4O5S2/c1-32-22-25-20(16-8-3-2-4-9-16)26-23(27-22)33-17-10-5-7-15(13-17)14-18-21(31)28(24(34)35-18)12-6-11-19(29)30/h5,7,10,13-14,16H,2-4,6,8-9,11-12H2,1H3,(H,29,30). The van der Waals surface area contributed by atoms with Crippen molar-refractivity contribution in [1.82, 2.24) is 19.9 Å². The lowest BCUT2D eigenvalue weighted by molar-refractivity contribution is -0.137. The van der Waals surface area contributed by atoms with Crippen LogP contribution >= 0.6 is 24.0 Å². The lowest BCUT2D eigenvalue weighted by atomic mass is 9.89. The Labute approximate surface area is 213 Å². The summed E-state index contributed by atoms with van der Waals surface area (Å²) in [6.45, 7) is 0.280. The van der Waals surface area contributed by atoms with Crippen LogP contribution in [0.4, 0.5) is 0 Å². The van der Waals surface area contributed by atoms with Gasteiger partial charge in [0.1, 0.15) is 15.9 Å². The molecule has 0 bridgehead atoms. The molecule has 11 heteroatoms. The third-order valence-corrected chi connectivity index (χ3v) is 7.15. The summed E-state index contributed by atoms with van der Waals surface area (Å²) in [4.78, 5) is 38.7. The third-order valence-electron chi connectivity index (χ3n) is 5.78. The minimum atomic E-state index is -0.899. The molecule has 2 fully saturated rings. The van der Waals surface area contributed by atoms with E-state index >= 15 is 0 Å². The molecule has 1 N–H and O–H groups in total. The number of thiocarbonyl (C=S) groups is 1. The van der Waals surface area contributed by atoms with Crippen LogP contribution in [0.15, 0.2) is 29.2 Å². The first-order chi connectivity index (χ1) is 16.9. The second-order valence-electron chi connectivity index (χ2n) is 8.30. The molecule has 0 atom stereocenters. The van der Waals surface area contributed by atoms with Crippen molar-refractivity contribution < 1.29 is 24.2 Å². The van der Waals surface area contributed by atoms with Crippen molar-refractivity contribution in [2.45, 2.75) is 50.9 Å². The summed E-state index contributed by atoms with van der Waals surface area (Å²) >= 11 is 6.51. The maximum absolute atomic E-state index is 12.8. The fourth-order valence-electron chi connectivity index (χ4n) is 4.04. The van der Waals surface area contributed by atoms with E-state index < -0.39 is 5.97 Å². The molecule has 4 rings (SSSR count). The summed E-state index contributed by atoms with van der Waals surface area (Å²) in [5, 5.41) is 8.82.